The topological polar surface area (TPSA) is 151 Å². The molecule has 11 heteroatoms. The summed E-state index contributed by atoms with van der Waals surface area (Å²) in [4.78, 5) is 76.8. The van der Waals surface area contributed by atoms with Gasteiger partial charge < -0.3 is 24.3 Å². The number of Topliss-reactive ketones (excluding diaryl/α,β-unsaturated/α-hetero) is 1. The molecule has 4 unspecified atom stereocenters. The van der Waals surface area contributed by atoms with E-state index < -0.39 is 66.0 Å². The lowest BCUT2D eigenvalue weighted by Gasteiger charge is -2.61. The van der Waals surface area contributed by atoms with Crippen LogP contribution in [0.4, 0.5) is 4.79 Å². The summed E-state index contributed by atoms with van der Waals surface area (Å²) in [5.74, 6) is -2.51. The number of nitrogens with one attached hydrogen (secondary N) is 1. The van der Waals surface area contributed by atoms with E-state index in [-0.39, 0.29) is 57.9 Å². The van der Waals surface area contributed by atoms with Crippen LogP contribution in [0.5, 0.6) is 0 Å². The van der Waals surface area contributed by atoms with Crippen molar-refractivity contribution in [2.45, 2.75) is 118 Å². The Morgan fingerprint density at radius 2 is 1.80 bits per heavy atom. The molecule has 1 saturated heterocycles. The summed E-state index contributed by atoms with van der Waals surface area (Å²) in [5.41, 5.74) is -1.05. The van der Waals surface area contributed by atoms with Crippen LogP contribution < -0.4 is 5.32 Å². The highest BCUT2D eigenvalue weighted by atomic mass is 16.6. The minimum Gasteiger partial charge on any atom is -0.464 e. The van der Waals surface area contributed by atoms with Crippen LogP contribution in [-0.4, -0.2) is 66.5 Å². The monoisotopic (exact) mass is 709 g/mol. The van der Waals surface area contributed by atoms with Gasteiger partial charge in [0.05, 0.1) is 13.0 Å². The van der Waals surface area contributed by atoms with Gasteiger partial charge in [-0.2, -0.15) is 0 Å². The number of fused-ring (bicyclic) bond motifs is 2. The highest BCUT2D eigenvalue weighted by Gasteiger charge is 2.82. The lowest BCUT2D eigenvalue weighted by Crippen LogP contribution is -2.56. The predicted octanol–water partition coefficient (Wildman–Crippen LogP) is 5.68. The van der Waals surface area contributed by atoms with Crippen LogP contribution in [0.15, 0.2) is 24.3 Å². The van der Waals surface area contributed by atoms with Gasteiger partial charge in [-0.3, -0.25) is 24.0 Å². The number of cyclic esters (lactones) is 1. The Morgan fingerprint density at radius 3 is 2.47 bits per heavy atom. The molecular formula is C40H55NO10. The van der Waals surface area contributed by atoms with Crippen molar-refractivity contribution in [1.29, 1.82) is 0 Å². The van der Waals surface area contributed by atoms with E-state index in [1.54, 1.807) is 27.7 Å². The van der Waals surface area contributed by atoms with E-state index in [0.29, 0.717) is 18.3 Å². The van der Waals surface area contributed by atoms with Gasteiger partial charge >= 0.3 is 24.0 Å². The number of allylic oxidation sites excluding steroid dienone is 2. The number of ether oxygens (including phenoxy) is 4. The summed E-state index contributed by atoms with van der Waals surface area (Å²) in [6, 6.07) is 0. The molecule has 51 heavy (non-hydrogen) atoms. The number of ketones is 2. The zero-order valence-electron chi connectivity index (χ0n) is 31.4. The van der Waals surface area contributed by atoms with Gasteiger partial charge in [-0.15, -0.1) is 0 Å². The molecule has 2 spiro atoms. The number of carbonyl (C=O) groups excluding carboxylic acids is 6. The molecule has 0 radical (unpaired) electrons. The maximum Gasteiger partial charge on any atom is 0.408 e. The van der Waals surface area contributed by atoms with Crippen molar-refractivity contribution < 1.29 is 47.7 Å². The Bertz CT molecular complexity index is 1580. The van der Waals surface area contributed by atoms with Gasteiger partial charge in [0.2, 0.25) is 0 Å². The van der Waals surface area contributed by atoms with Gasteiger partial charge in [0.15, 0.2) is 17.7 Å². The lowest BCUT2D eigenvalue weighted by molar-refractivity contribution is -0.155. The molecule has 6 rings (SSSR count). The summed E-state index contributed by atoms with van der Waals surface area (Å²) in [6.07, 6.45) is 7.23. The van der Waals surface area contributed by atoms with Crippen LogP contribution in [0.2, 0.25) is 0 Å². The van der Waals surface area contributed by atoms with Gasteiger partial charge in [-0.25, -0.2) is 4.79 Å². The van der Waals surface area contributed by atoms with Crippen LogP contribution in [0.25, 0.3) is 0 Å². The van der Waals surface area contributed by atoms with E-state index in [1.165, 1.54) is 6.92 Å². The first-order valence-electron chi connectivity index (χ1n) is 18.6. The third kappa shape index (κ3) is 5.94. The van der Waals surface area contributed by atoms with Gasteiger partial charge in [-0.05, 0) is 104 Å². The van der Waals surface area contributed by atoms with Crippen LogP contribution in [0, 0.1) is 57.2 Å². The predicted molar refractivity (Wildman–Crippen MR) is 185 cm³/mol. The molecule has 280 valence electrons. The smallest absolute Gasteiger partial charge is 0.408 e. The first-order chi connectivity index (χ1) is 23.7. The van der Waals surface area contributed by atoms with Crippen LogP contribution in [0.1, 0.15) is 100 Å². The van der Waals surface area contributed by atoms with Gasteiger partial charge in [0.25, 0.3) is 0 Å². The Labute approximate surface area is 301 Å². The van der Waals surface area contributed by atoms with E-state index in [0.717, 1.165) is 32.1 Å². The van der Waals surface area contributed by atoms with Crippen molar-refractivity contribution in [1.82, 2.24) is 5.32 Å². The summed E-state index contributed by atoms with van der Waals surface area (Å²) >= 11 is 0. The van der Waals surface area contributed by atoms with Crippen molar-refractivity contribution in [3.63, 3.8) is 0 Å². The fourth-order valence-corrected chi connectivity index (χ4v) is 11.9. The maximum absolute atomic E-state index is 14.1. The molecule has 1 N–H and O–H groups in total. The number of alkyl carbamates (subject to hydrolysis) is 1. The number of hydrogen-bond donors (Lipinski definition) is 1. The average Bonchev–Trinajstić information content (AvgIpc) is 3.46. The molecule has 11 nitrogen and oxygen atoms in total. The normalized spacial score (nSPS) is 41.1. The molecule has 0 aromatic heterocycles. The molecule has 6 aliphatic rings. The summed E-state index contributed by atoms with van der Waals surface area (Å²) in [7, 11) is 0. The Morgan fingerprint density at radius 1 is 1.10 bits per heavy atom. The zero-order chi connectivity index (χ0) is 37.5. The second-order valence-electron chi connectivity index (χ2n) is 18.0. The van der Waals surface area contributed by atoms with Gasteiger partial charge in [0.1, 0.15) is 18.2 Å². The Kier molecular flexibility index (Phi) is 9.19. The summed E-state index contributed by atoms with van der Waals surface area (Å²) in [5, 5.41) is 2.35. The summed E-state index contributed by atoms with van der Waals surface area (Å²) < 4.78 is 22.4. The second kappa shape index (κ2) is 12.6. The number of carbonyl (C=O) groups is 6. The van der Waals surface area contributed by atoms with E-state index in [1.807, 2.05) is 6.08 Å². The van der Waals surface area contributed by atoms with Crippen molar-refractivity contribution in [2.75, 3.05) is 13.2 Å². The van der Waals surface area contributed by atoms with E-state index in [2.05, 4.69) is 38.7 Å². The van der Waals surface area contributed by atoms with E-state index >= 15 is 0 Å². The Hall–Kier alpha value is -3.50. The third-order valence-electron chi connectivity index (χ3n) is 14.3. The second-order valence-corrected chi connectivity index (χ2v) is 18.0. The van der Waals surface area contributed by atoms with Crippen molar-refractivity contribution in [3.05, 3.63) is 24.3 Å². The highest BCUT2D eigenvalue weighted by Crippen LogP contribution is 2.87. The van der Waals surface area contributed by atoms with E-state index in [4.69, 9.17) is 18.9 Å². The zero-order valence-corrected chi connectivity index (χ0v) is 31.4. The highest BCUT2D eigenvalue weighted by molar-refractivity contribution is 6.01. The molecule has 0 bridgehead atoms. The fraction of sp³-hybridized carbons (Fsp3) is 0.750. The molecule has 5 aliphatic carbocycles. The van der Waals surface area contributed by atoms with Gasteiger partial charge in [0, 0.05) is 30.6 Å². The first kappa shape index (κ1) is 37.3. The fourth-order valence-electron chi connectivity index (χ4n) is 11.9. The molecule has 4 saturated carbocycles. The number of rotatable bonds is 9. The minimum atomic E-state index is -1.11. The average molecular weight is 710 g/mol. The number of hydrogen-bond acceptors (Lipinski definition) is 10. The molecule has 5 fully saturated rings. The molecule has 12 atom stereocenters. The molecule has 1 aliphatic heterocycles. The lowest BCUT2D eigenvalue weighted by atomic mass is 9.43. The molecular weight excluding hydrogens is 654 g/mol. The van der Waals surface area contributed by atoms with Crippen LogP contribution >= 0.6 is 0 Å². The molecule has 1 amide bonds. The number of esters is 3. The van der Waals surface area contributed by atoms with E-state index in [9.17, 15) is 28.8 Å². The quantitative estimate of drug-likeness (QED) is 0.180. The molecule has 0 aromatic rings. The first-order valence-corrected chi connectivity index (χ1v) is 18.6. The SMILES string of the molecule is C=C(C(=O)[C@@H]1OC(=O)C[C@H]1[C@H]1[C@@H](OC(C)=O)C[C@@]2(C)C3CCC4[C@H](C)C(=O)C=CC45CC35CC[C@]12C)[C@@H](C)COC(=O)CNC(=O)OC(C)(C)C. The van der Waals surface area contributed by atoms with Crippen molar-refractivity contribution >= 4 is 35.6 Å². The van der Waals surface area contributed by atoms with Crippen LogP contribution in [-0.2, 0) is 42.9 Å². The van der Waals surface area contributed by atoms with Crippen molar-refractivity contribution in [2.24, 2.45) is 57.2 Å². The third-order valence-corrected chi connectivity index (χ3v) is 14.3. The van der Waals surface area contributed by atoms with Crippen molar-refractivity contribution in [3.8, 4) is 0 Å². The summed E-state index contributed by atoms with van der Waals surface area (Å²) in [6.45, 7) is 18.4. The van der Waals surface area contributed by atoms with Gasteiger partial charge in [-0.1, -0.05) is 40.3 Å². The van der Waals surface area contributed by atoms with Crippen LogP contribution in [0.3, 0.4) is 0 Å². The minimum absolute atomic E-state index is 0.0166. The molecule has 0 aromatic carbocycles. The Balaban J connectivity index is 1.19. The maximum atomic E-state index is 14.1. The number of amides is 1. The molecule has 1 heterocycles. The largest absolute Gasteiger partial charge is 0.464 e. The standard InChI is InChI=1S/C40H55NO10/c1-21(19-48-31(45)18-41-35(47)51-36(5,6)7)22(2)33(46)34-25(16-30(44)50-34)32-28(49-24(4)42)17-38(9)29-11-10-26-23(3)27(43)12-13-39(26)20-40(29,39)15-14-37(32,38)8/h12-13,21,23,25-26,28-29,32,34H,2,10-11,14-20H2,1,3-9H3,(H,41,47)/t21-,23-,25-,26?,28-,29?,32-,34+,37+,38-,39?,40?/m0/s1.